The first-order valence-electron chi connectivity index (χ1n) is 6.38. The van der Waals surface area contributed by atoms with Crippen LogP contribution in [0.15, 0.2) is 12.2 Å². The molecule has 0 aromatic heterocycles. The Balaban J connectivity index is 2.33. The molecule has 1 aliphatic rings. The number of hydrogen-bond donors (Lipinski definition) is 0. The zero-order chi connectivity index (χ0) is 12.9. The summed E-state index contributed by atoms with van der Waals surface area (Å²) in [5.41, 5.74) is -0.113. The van der Waals surface area contributed by atoms with Crippen molar-refractivity contribution in [2.24, 2.45) is 5.41 Å². The smallest absolute Gasteiger partial charge is 0.169 e. The number of halogens is 1. The first-order valence-corrected chi connectivity index (χ1v) is 7.63. The van der Waals surface area contributed by atoms with Gasteiger partial charge in [-0.25, -0.2) is 0 Å². The Bertz CT molecular complexity index is 322. The van der Waals surface area contributed by atoms with E-state index in [-0.39, 0.29) is 15.1 Å². The van der Waals surface area contributed by atoms with Gasteiger partial charge >= 0.3 is 0 Å². The topological polar surface area (TPSA) is 34.1 Å². The quantitative estimate of drug-likeness (QED) is 0.398. The standard InChI is InChI=1S/C14H21IO2/c1-3-4-5-6-11(16)7-9-14(2)10-8-12(17)13(14)15/h8,10,13H,3-7,9H2,1-2H3/t13-,14+/m1/s1. The molecule has 0 spiro atoms. The summed E-state index contributed by atoms with van der Waals surface area (Å²) in [6.07, 6.45) is 9.05. The molecule has 0 aliphatic heterocycles. The van der Waals surface area contributed by atoms with Crippen LogP contribution in [0.4, 0.5) is 0 Å². The first-order chi connectivity index (χ1) is 7.99. The molecular formula is C14H21IO2. The molecule has 0 unspecified atom stereocenters. The third-order valence-electron chi connectivity index (χ3n) is 3.46. The Morgan fingerprint density at radius 1 is 1.41 bits per heavy atom. The van der Waals surface area contributed by atoms with Crippen molar-refractivity contribution >= 4 is 34.2 Å². The maximum absolute atomic E-state index is 11.7. The molecular weight excluding hydrogens is 327 g/mol. The number of rotatable bonds is 7. The lowest BCUT2D eigenvalue weighted by Crippen LogP contribution is -2.27. The van der Waals surface area contributed by atoms with Gasteiger partial charge in [-0.2, -0.15) is 0 Å². The van der Waals surface area contributed by atoms with E-state index < -0.39 is 0 Å². The molecule has 2 nitrogen and oxygen atoms in total. The number of unbranched alkanes of at least 4 members (excludes halogenated alkanes) is 2. The molecule has 96 valence electrons. The molecule has 17 heavy (non-hydrogen) atoms. The van der Waals surface area contributed by atoms with E-state index in [0.717, 1.165) is 25.7 Å². The van der Waals surface area contributed by atoms with E-state index in [1.54, 1.807) is 6.08 Å². The number of hydrogen-bond acceptors (Lipinski definition) is 2. The maximum atomic E-state index is 11.7. The van der Waals surface area contributed by atoms with Crippen LogP contribution in [0, 0.1) is 5.41 Å². The Morgan fingerprint density at radius 3 is 2.65 bits per heavy atom. The Hall–Kier alpha value is -0.190. The minimum absolute atomic E-state index is 0.00328. The van der Waals surface area contributed by atoms with Gasteiger partial charge in [0.05, 0.1) is 3.92 Å². The van der Waals surface area contributed by atoms with Gasteiger partial charge in [-0.1, -0.05) is 55.4 Å². The van der Waals surface area contributed by atoms with E-state index >= 15 is 0 Å². The fourth-order valence-electron chi connectivity index (χ4n) is 2.08. The summed E-state index contributed by atoms with van der Waals surface area (Å²) in [5, 5.41) is 0. The van der Waals surface area contributed by atoms with Crippen molar-refractivity contribution in [2.75, 3.05) is 0 Å². The second-order valence-electron chi connectivity index (χ2n) is 5.10. The molecule has 0 amide bonds. The molecule has 2 atom stereocenters. The number of carbonyl (C=O) groups is 2. The molecule has 0 heterocycles. The summed E-state index contributed by atoms with van der Waals surface area (Å²) < 4.78 is 0.00328. The largest absolute Gasteiger partial charge is 0.300 e. The van der Waals surface area contributed by atoms with E-state index in [0.29, 0.717) is 18.6 Å². The van der Waals surface area contributed by atoms with Gasteiger partial charge in [0.15, 0.2) is 5.78 Å². The van der Waals surface area contributed by atoms with Crippen molar-refractivity contribution in [2.45, 2.75) is 56.3 Å². The molecule has 0 aromatic carbocycles. The predicted molar refractivity (Wildman–Crippen MR) is 78.4 cm³/mol. The molecule has 0 fully saturated rings. The molecule has 0 saturated heterocycles. The summed E-state index contributed by atoms with van der Waals surface area (Å²) >= 11 is 2.19. The molecule has 1 aliphatic carbocycles. The number of carbonyl (C=O) groups excluding carboxylic acids is 2. The Kier molecular flexibility index (Phi) is 5.83. The second-order valence-corrected chi connectivity index (χ2v) is 6.35. The fraction of sp³-hybridized carbons (Fsp3) is 0.714. The fourth-order valence-corrected chi connectivity index (χ4v) is 2.81. The van der Waals surface area contributed by atoms with Gasteiger partial charge in [0.2, 0.25) is 0 Å². The number of allylic oxidation sites excluding steroid dienone is 2. The van der Waals surface area contributed by atoms with Crippen molar-refractivity contribution in [1.29, 1.82) is 0 Å². The van der Waals surface area contributed by atoms with E-state index in [4.69, 9.17) is 0 Å². The van der Waals surface area contributed by atoms with E-state index in [9.17, 15) is 9.59 Å². The molecule has 3 heteroatoms. The number of alkyl halides is 1. The summed E-state index contributed by atoms with van der Waals surface area (Å²) in [6.45, 7) is 4.21. The lowest BCUT2D eigenvalue weighted by atomic mass is 9.84. The second kappa shape index (κ2) is 6.66. The summed E-state index contributed by atoms with van der Waals surface area (Å²) in [5.74, 6) is 0.530. The zero-order valence-electron chi connectivity index (χ0n) is 10.7. The van der Waals surface area contributed by atoms with Gasteiger partial charge in [-0.05, 0) is 18.9 Å². The van der Waals surface area contributed by atoms with Crippen LogP contribution >= 0.6 is 22.6 Å². The third-order valence-corrected chi connectivity index (χ3v) is 5.50. The van der Waals surface area contributed by atoms with Crippen LogP contribution in [0.3, 0.4) is 0 Å². The average molecular weight is 348 g/mol. The van der Waals surface area contributed by atoms with E-state index in [1.165, 1.54) is 0 Å². The minimum atomic E-state index is -0.113. The van der Waals surface area contributed by atoms with Crippen molar-refractivity contribution in [1.82, 2.24) is 0 Å². The van der Waals surface area contributed by atoms with E-state index in [2.05, 4.69) is 36.4 Å². The van der Waals surface area contributed by atoms with Gasteiger partial charge in [0, 0.05) is 18.3 Å². The maximum Gasteiger partial charge on any atom is 0.169 e. The van der Waals surface area contributed by atoms with Crippen LogP contribution in [0.25, 0.3) is 0 Å². The summed E-state index contributed by atoms with van der Waals surface area (Å²) in [4.78, 5) is 23.2. The average Bonchev–Trinajstić information content (AvgIpc) is 2.56. The van der Waals surface area contributed by atoms with Crippen LogP contribution in [-0.2, 0) is 9.59 Å². The Morgan fingerprint density at radius 2 is 2.12 bits per heavy atom. The van der Waals surface area contributed by atoms with E-state index in [1.807, 2.05) is 6.08 Å². The van der Waals surface area contributed by atoms with Gasteiger partial charge in [-0.15, -0.1) is 0 Å². The van der Waals surface area contributed by atoms with Crippen molar-refractivity contribution in [3.8, 4) is 0 Å². The molecule has 1 rings (SSSR count). The monoisotopic (exact) mass is 348 g/mol. The third kappa shape index (κ3) is 4.19. The minimum Gasteiger partial charge on any atom is -0.300 e. The SMILES string of the molecule is CCCCCC(=O)CC[C@@]1(C)C=CC(=O)[C@H]1I. The van der Waals surface area contributed by atoms with Crippen LogP contribution in [0.5, 0.6) is 0 Å². The summed E-state index contributed by atoms with van der Waals surface area (Å²) in [7, 11) is 0. The Labute approximate surface area is 117 Å². The molecule has 0 saturated carbocycles. The molecule has 0 aromatic rings. The van der Waals surface area contributed by atoms with Crippen LogP contribution in [0.2, 0.25) is 0 Å². The highest BCUT2D eigenvalue weighted by Gasteiger charge is 2.38. The number of Topliss-reactive ketones (excluding diaryl/α,β-unsaturated/α-hetero) is 1. The molecule has 0 N–H and O–H groups in total. The highest BCUT2D eigenvalue weighted by Crippen LogP contribution is 2.39. The number of ketones is 2. The molecule has 0 bridgehead atoms. The first kappa shape index (κ1) is 14.9. The summed E-state index contributed by atoms with van der Waals surface area (Å²) in [6, 6.07) is 0. The lowest BCUT2D eigenvalue weighted by molar-refractivity contribution is -0.120. The lowest BCUT2D eigenvalue weighted by Gasteiger charge is -2.25. The van der Waals surface area contributed by atoms with Crippen LogP contribution in [0.1, 0.15) is 52.4 Å². The van der Waals surface area contributed by atoms with Crippen molar-refractivity contribution in [3.05, 3.63) is 12.2 Å². The normalized spacial score (nSPS) is 27.7. The van der Waals surface area contributed by atoms with Crippen molar-refractivity contribution in [3.63, 3.8) is 0 Å². The van der Waals surface area contributed by atoms with Crippen molar-refractivity contribution < 1.29 is 9.59 Å². The van der Waals surface area contributed by atoms with Crippen LogP contribution in [-0.4, -0.2) is 15.5 Å². The zero-order valence-corrected chi connectivity index (χ0v) is 12.8. The molecule has 0 radical (unpaired) electrons. The van der Waals surface area contributed by atoms with Gasteiger partial charge in [0.1, 0.15) is 5.78 Å². The highest BCUT2D eigenvalue weighted by atomic mass is 127. The van der Waals surface area contributed by atoms with Crippen LogP contribution < -0.4 is 0 Å². The van der Waals surface area contributed by atoms with Gasteiger partial charge < -0.3 is 0 Å². The predicted octanol–water partition coefficient (Wildman–Crippen LogP) is 3.86. The van der Waals surface area contributed by atoms with Gasteiger partial charge in [-0.3, -0.25) is 9.59 Å². The van der Waals surface area contributed by atoms with Gasteiger partial charge in [0.25, 0.3) is 0 Å². The highest BCUT2D eigenvalue weighted by molar-refractivity contribution is 14.1.